The lowest BCUT2D eigenvalue weighted by atomic mass is 10.2. The van der Waals surface area contributed by atoms with E-state index in [1.165, 1.54) is 0 Å². The van der Waals surface area contributed by atoms with Crippen molar-refractivity contribution in [3.63, 3.8) is 0 Å². The average molecular weight is 409 g/mol. The number of aromatic nitrogens is 3. The van der Waals surface area contributed by atoms with Crippen molar-refractivity contribution < 1.29 is 0 Å². The van der Waals surface area contributed by atoms with Crippen molar-refractivity contribution in [2.45, 2.75) is 44.6 Å². The largest absolute Gasteiger partial charge is 0.382 e. The summed E-state index contributed by atoms with van der Waals surface area (Å²) in [5, 5.41) is 1.39. The van der Waals surface area contributed by atoms with E-state index in [1.807, 2.05) is 18.3 Å². The first-order valence-electron chi connectivity index (χ1n) is 8.69. The Hall–Kier alpha value is -1.43. The predicted molar refractivity (Wildman–Crippen MR) is 112 cm³/mol. The van der Waals surface area contributed by atoms with Crippen LogP contribution in [0.5, 0.6) is 0 Å². The van der Waals surface area contributed by atoms with Crippen molar-refractivity contribution in [2.24, 2.45) is 0 Å². The van der Waals surface area contributed by atoms with Crippen LogP contribution in [-0.2, 0) is 13.0 Å². The third kappa shape index (κ3) is 4.11. The van der Waals surface area contributed by atoms with Crippen molar-refractivity contribution >= 4 is 51.8 Å². The highest BCUT2D eigenvalue weighted by molar-refractivity contribution is 7.99. The molecule has 3 aromatic rings. The number of nitrogens with zero attached hydrogens (tertiary/aromatic N) is 3. The standard InChI is InChI=1S/C19H22Cl2N4S/c1-3-16-24-17-18(12(2)11-23-19(17)22)25(16)8-4-5-9-26-15-7-6-13(20)10-14(15)21/h6-7,10-11H,3-5,8-9H2,1-2H3,(H2,22,23). The van der Waals surface area contributed by atoms with E-state index in [1.54, 1.807) is 17.8 Å². The minimum Gasteiger partial charge on any atom is -0.382 e. The maximum absolute atomic E-state index is 6.23. The summed E-state index contributed by atoms with van der Waals surface area (Å²) >= 11 is 13.9. The quantitative estimate of drug-likeness (QED) is 0.398. The Balaban J connectivity index is 1.64. The number of thioether (sulfide) groups is 1. The van der Waals surface area contributed by atoms with Crippen LogP contribution in [0, 0.1) is 6.92 Å². The first kappa shape index (κ1) is 19.3. The maximum atomic E-state index is 6.23. The third-order valence-corrected chi connectivity index (χ3v) is 6.12. The van der Waals surface area contributed by atoms with E-state index < -0.39 is 0 Å². The molecule has 1 aromatic carbocycles. The van der Waals surface area contributed by atoms with Gasteiger partial charge in [-0.15, -0.1) is 11.8 Å². The molecule has 0 aliphatic heterocycles. The Morgan fingerprint density at radius 2 is 2.04 bits per heavy atom. The normalized spacial score (nSPS) is 11.4. The van der Waals surface area contributed by atoms with Crippen LogP contribution in [0.15, 0.2) is 29.3 Å². The van der Waals surface area contributed by atoms with Gasteiger partial charge in [-0.05, 0) is 49.3 Å². The highest BCUT2D eigenvalue weighted by atomic mass is 35.5. The molecule has 0 bridgehead atoms. The molecule has 0 atom stereocenters. The van der Waals surface area contributed by atoms with Gasteiger partial charge in [0.15, 0.2) is 5.82 Å². The van der Waals surface area contributed by atoms with Gasteiger partial charge in [-0.3, -0.25) is 0 Å². The number of rotatable bonds is 7. The van der Waals surface area contributed by atoms with Gasteiger partial charge in [0, 0.05) is 29.1 Å². The number of imidazole rings is 1. The first-order valence-corrected chi connectivity index (χ1v) is 10.4. The van der Waals surface area contributed by atoms with Crippen LogP contribution < -0.4 is 5.73 Å². The molecule has 0 aliphatic carbocycles. The lowest BCUT2D eigenvalue weighted by Crippen LogP contribution is -2.04. The molecule has 7 heteroatoms. The second-order valence-corrected chi connectivity index (χ2v) is 8.17. The number of halogens is 2. The van der Waals surface area contributed by atoms with E-state index >= 15 is 0 Å². The molecule has 2 N–H and O–H groups in total. The Kier molecular flexibility index (Phi) is 6.33. The van der Waals surface area contributed by atoms with Gasteiger partial charge in [-0.1, -0.05) is 30.1 Å². The van der Waals surface area contributed by atoms with Gasteiger partial charge in [0.25, 0.3) is 0 Å². The Morgan fingerprint density at radius 3 is 2.77 bits per heavy atom. The average Bonchev–Trinajstić information content (AvgIpc) is 2.99. The summed E-state index contributed by atoms with van der Waals surface area (Å²) in [6.07, 6.45) is 4.86. The van der Waals surface area contributed by atoms with Crippen molar-refractivity contribution in [3.05, 3.63) is 45.8 Å². The van der Waals surface area contributed by atoms with Crippen LogP contribution in [0.2, 0.25) is 10.0 Å². The molecular formula is C19H22Cl2N4S. The fourth-order valence-electron chi connectivity index (χ4n) is 3.02. The summed E-state index contributed by atoms with van der Waals surface area (Å²) in [5.41, 5.74) is 9.07. The van der Waals surface area contributed by atoms with Crippen LogP contribution in [-0.4, -0.2) is 20.3 Å². The van der Waals surface area contributed by atoms with Crippen LogP contribution in [0.1, 0.15) is 31.2 Å². The topological polar surface area (TPSA) is 56.7 Å². The van der Waals surface area contributed by atoms with Gasteiger partial charge in [-0.25, -0.2) is 9.97 Å². The second kappa shape index (κ2) is 8.51. The number of hydrogen-bond donors (Lipinski definition) is 1. The number of hydrogen-bond acceptors (Lipinski definition) is 4. The molecular weight excluding hydrogens is 387 g/mol. The van der Waals surface area contributed by atoms with E-state index in [0.717, 1.165) is 63.9 Å². The molecule has 0 saturated heterocycles. The lowest BCUT2D eigenvalue weighted by molar-refractivity contribution is 0.621. The molecule has 0 saturated carbocycles. The molecule has 4 nitrogen and oxygen atoms in total. The van der Waals surface area contributed by atoms with Gasteiger partial charge in [-0.2, -0.15) is 0 Å². The molecule has 0 spiro atoms. The smallest absolute Gasteiger partial charge is 0.151 e. The van der Waals surface area contributed by atoms with Gasteiger partial charge >= 0.3 is 0 Å². The lowest BCUT2D eigenvalue weighted by Gasteiger charge is -2.10. The molecule has 2 heterocycles. The van der Waals surface area contributed by atoms with E-state index in [0.29, 0.717) is 10.8 Å². The molecule has 0 amide bonds. The zero-order chi connectivity index (χ0) is 18.7. The minimum absolute atomic E-state index is 0.506. The van der Waals surface area contributed by atoms with Crippen molar-refractivity contribution in [2.75, 3.05) is 11.5 Å². The summed E-state index contributed by atoms with van der Waals surface area (Å²) in [6, 6.07) is 5.65. The molecule has 26 heavy (non-hydrogen) atoms. The van der Waals surface area contributed by atoms with E-state index in [-0.39, 0.29) is 0 Å². The summed E-state index contributed by atoms with van der Waals surface area (Å²) in [7, 11) is 0. The van der Waals surface area contributed by atoms with Crippen molar-refractivity contribution in [1.82, 2.24) is 14.5 Å². The summed E-state index contributed by atoms with van der Waals surface area (Å²) in [5.74, 6) is 2.58. The Morgan fingerprint density at radius 1 is 1.23 bits per heavy atom. The molecule has 0 unspecified atom stereocenters. The Labute approximate surface area is 168 Å². The first-order chi connectivity index (χ1) is 12.5. The maximum Gasteiger partial charge on any atom is 0.151 e. The minimum atomic E-state index is 0.506. The van der Waals surface area contributed by atoms with Crippen molar-refractivity contribution in [1.29, 1.82) is 0 Å². The van der Waals surface area contributed by atoms with E-state index in [4.69, 9.17) is 33.9 Å². The monoisotopic (exact) mass is 408 g/mol. The summed E-state index contributed by atoms with van der Waals surface area (Å²) in [6.45, 7) is 5.11. The van der Waals surface area contributed by atoms with Gasteiger partial charge < -0.3 is 10.3 Å². The predicted octanol–water partition coefficient (Wildman–Crippen LogP) is 5.76. The third-order valence-electron chi connectivity index (χ3n) is 4.30. The fourth-order valence-corrected chi connectivity index (χ4v) is 4.52. The number of fused-ring (bicyclic) bond motifs is 1. The van der Waals surface area contributed by atoms with Crippen molar-refractivity contribution in [3.8, 4) is 0 Å². The number of unbranched alkanes of at least 4 members (excludes halogenated alkanes) is 1. The number of aryl methyl sites for hydroxylation is 3. The molecule has 138 valence electrons. The van der Waals surface area contributed by atoms with Crippen LogP contribution in [0.25, 0.3) is 11.0 Å². The number of benzene rings is 1. The zero-order valence-electron chi connectivity index (χ0n) is 14.9. The number of nitrogens with two attached hydrogens (primary N) is 1. The zero-order valence-corrected chi connectivity index (χ0v) is 17.3. The highest BCUT2D eigenvalue weighted by Crippen LogP contribution is 2.30. The Bertz CT molecular complexity index is 924. The fraction of sp³-hybridized carbons (Fsp3) is 0.368. The van der Waals surface area contributed by atoms with Gasteiger partial charge in [0.05, 0.1) is 10.5 Å². The molecule has 2 aromatic heterocycles. The molecule has 0 fully saturated rings. The van der Waals surface area contributed by atoms with Gasteiger partial charge in [0.2, 0.25) is 0 Å². The van der Waals surface area contributed by atoms with Crippen LogP contribution in [0.4, 0.5) is 5.82 Å². The van der Waals surface area contributed by atoms with Crippen LogP contribution in [0.3, 0.4) is 0 Å². The van der Waals surface area contributed by atoms with E-state index in [2.05, 4.69) is 23.4 Å². The number of anilines is 1. The van der Waals surface area contributed by atoms with Gasteiger partial charge in [0.1, 0.15) is 11.3 Å². The molecule has 3 rings (SSSR count). The SMILES string of the molecule is CCc1nc2c(N)ncc(C)c2n1CCCCSc1ccc(Cl)cc1Cl. The second-order valence-electron chi connectivity index (χ2n) is 6.19. The molecule has 0 radical (unpaired) electrons. The van der Waals surface area contributed by atoms with Crippen LogP contribution >= 0.6 is 35.0 Å². The van der Waals surface area contributed by atoms with E-state index in [9.17, 15) is 0 Å². The summed E-state index contributed by atoms with van der Waals surface area (Å²) < 4.78 is 2.29. The summed E-state index contributed by atoms with van der Waals surface area (Å²) in [4.78, 5) is 10.0. The molecule has 0 aliphatic rings. The number of pyridine rings is 1. The highest BCUT2D eigenvalue weighted by Gasteiger charge is 2.14. The number of nitrogen functional groups attached to an aromatic ring is 1.